The lowest BCUT2D eigenvalue weighted by molar-refractivity contribution is 0.687. The number of rotatable bonds is 5. The lowest BCUT2D eigenvalue weighted by Gasteiger charge is -2.13. The number of nitrogens with one attached hydrogen (secondary N) is 1. The second-order valence-electron chi connectivity index (χ2n) is 6.38. The first-order valence-corrected chi connectivity index (χ1v) is 7.83. The fraction of sp³-hybridized carbons (Fsp3) is 0.400. The summed E-state index contributed by atoms with van der Waals surface area (Å²) in [6.45, 7) is 12.9. The quantitative estimate of drug-likeness (QED) is 0.811. The van der Waals surface area contributed by atoms with Crippen molar-refractivity contribution in [3.8, 4) is 0 Å². The number of hydrogen-bond acceptors (Lipinski definition) is 1. The zero-order valence-electron chi connectivity index (χ0n) is 14.0. The minimum atomic E-state index is 0.602. The smallest absolute Gasteiger partial charge is 0.0213 e. The molecule has 112 valence electrons. The van der Waals surface area contributed by atoms with Crippen LogP contribution in [0.25, 0.3) is 0 Å². The lowest BCUT2D eigenvalue weighted by Crippen LogP contribution is -2.14. The van der Waals surface area contributed by atoms with E-state index in [1.807, 2.05) is 0 Å². The van der Waals surface area contributed by atoms with Gasteiger partial charge in [0.25, 0.3) is 0 Å². The fourth-order valence-electron chi connectivity index (χ4n) is 2.84. The van der Waals surface area contributed by atoms with Crippen molar-refractivity contribution in [1.29, 1.82) is 0 Å². The van der Waals surface area contributed by atoms with Gasteiger partial charge in [-0.1, -0.05) is 55.8 Å². The fourth-order valence-corrected chi connectivity index (χ4v) is 2.84. The van der Waals surface area contributed by atoms with E-state index >= 15 is 0 Å². The van der Waals surface area contributed by atoms with Gasteiger partial charge in [-0.15, -0.1) is 0 Å². The SMILES string of the molecule is Cc1cc(C)c(CNCc2ccc(C(C)C)cc2)c(C)c1. The molecule has 0 saturated carbocycles. The Kier molecular flexibility index (Phi) is 5.19. The van der Waals surface area contributed by atoms with Crippen LogP contribution in [-0.2, 0) is 13.1 Å². The first kappa shape index (κ1) is 15.8. The average Bonchev–Trinajstić information content (AvgIpc) is 2.42. The molecule has 2 rings (SSSR count). The van der Waals surface area contributed by atoms with Crippen LogP contribution in [0.3, 0.4) is 0 Å². The van der Waals surface area contributed by atoms with Gasteiger partial charge < -0.3 is 5.32 Å². The van der Waals surface area contributed by atoms with Crippen LogP contribution < -0.4 is 5.32 Å². The van der Waals surface area contributed by atoms with Crippen molar-refractivity contribution in [2.24, 2.45) is 0 Å². The Morgan fingerprint density at radius 1 is 0.857 bits per heavy atom. The second-order valence-corrected chi connectivity index (χ2v) is 6.38. The third-order valence-electron chi connectivity index (χ3n) is 4.12. The Balaban J connectivity index is 1.95. The molecule has 0 fully saturated rings. The summed E-state index contributed by atoms with van der Waals surface area (Å²) in [7, 11) is 0. The number of aryl methyl sites for hydroxylation is 3. The van der Waals surface area contributed by atoms with Crippen LogP contribution in [0.1, 0.15) is 53.1 Å². The third-order valence-corrected chi connectivity index (χ3v) is 4.12. The zero-order chi connectivity index (χ0) is 15.4. The molecule has 1 N–H and O–H groups in total. The van der Waals surface area contributed by atoms with E-state index in [-0.39, 0.29) is 0 Å². The molecule has 0 heterocycles. The predicted octanol–water partition coefficient (Wildman–Crippen LogP) is 5.03. The molecule has 1 nitrogen and oxygen atoms in total. The van der Waals surface area contributed by atoms with Crippen LogP contribution in [0.2, 0.25) is 0 Å². The molecule has 0 aliphatic carbocycles. The van der Waals surface area contributed by atoms with Crippen LogP contribution in [0.5, 0.6) is 0 Å². The molecule has 0 radical (unpaired) electrons. The van der Waals surface area contributed by atoms with Gasteiger partial charge in [0, 0.05) is 13.1 Å². The van der Waals surface area contributed by atoms with Gasteiger partial charge in [0.1, 0.15) is 0 Å². The molecular weight excluding hydrogens is 254 g/mol. The van der Waals surface area contributed by atoms with Crippen molar-refractivity contribution in [3.63, 3.8) is 0 Å². The van der Waals surface area contributed by atoms with Crippen molar-refractivity contribution in [2.45, 2.75) is 53.6 Å². The van der Waals surface area contributed by atoms with E-state index in [4.69, 9.17) is 0 Å². The number of benzene rings is 2. The van der Waals surface area contributed by atoms with Gasteiger partial charge in [-0.2, -0.15) is 0 Å². The normalized spacial score (nSPS) is 11.1. The number of hydrogen-bond donors (Lipinski definition) is 1. The third kappa shape index (κ3) is 4.18. The topological polar surface area (TPSA) is 12.0 Å². The van der Waals surface area contributed by atoms with E-state index in [2.05, 4.69) is 76.3 Å². The minimum Gasteiger partial charge on any atom is -0.309 e. The van der Waals surface area contributed by atoms with Gasteiger partial charge in [-0.3, -0.25) is 0 Å². The molecule has 0 aromatic heterocycles. The maximum atomic E-state index is 3.57. The van der Waals surface area contributed by atoms with Gasteiger partial charge in [0.15, 0.2) is 0 Å². The summed E-state index contributed by atoms with van der Waals surface area (Å²) in [6.07, 6.45) is 0. The van der Waals surface area contributed by atoms with Crippen molar-refractivity contribution in [3.05, 3.63) is 69.8 Å². The molecule has 0 spiro atoms. The van der Waals surface area contributed by atoms with Crippen molar-refractivity contribution in [1.82, 2.24) is 5.32 Å². The van der Waals surface area contributed by atoms with E-state index in [1.54, 1.807) is 0 Å². The van der Waals surface area contributed by atoms with Gasteiger partial charge in [0.05, 0.1) is 0 Å². The van der Waals surface area contributed by atoms with E-state index in [9.17, 15) is 0 Å². The molecule has 0 atom stereocenters. The molecule has 0 amide bonds. The van der Waals surface area contributed by atoms with E-state index < -0.39 is 0 Å². The summed E-state index contributed by atoms with van der Waals surface area (Å²) in [5.74, 6) is 0.602. The van der Waals surface area contributed by atoms with Crippen molar-refractivity contribution >= 4 is 0 Å². The minimum absolute atomic E-state index is 0.602. The predicted molar refractivity (Wildman–Crippen MR) is 91.7 cm³/mol. The summed E-state index contributed by atoms with van der Waals surface area (Å²) in [6, 6.07) is 13.5. The Morgan fingerprint density at radius 3 is 1.95 bits per heavy atom. The molecule has 2 aromatic carbocycles. The van der Waals surface area contributed by atoms with Crippen LogP contribution >= 0.6 is 0 Å². The molecule has 0 unspecified atom stereocenters. The van der Waals surface area contributed by atoms with E-state index in [0.717, 1.165) is 13.1 Å². The van der Waals surface area contributed by atoms with Crippen LogP contribution in [0, 0.1) is 20.8 Å². The van der Waals surface area contributed by atoms with Gasteiger partial charge in [0.2, 0.25) is 0 Å². The standard InChI is InChI=1S/C20H27N/c1-14(2)19-8-6-18(7-9-19)12-21-13-20-16(4)10-15(3)11-17(20)5/h6-11,14,21H,12-13H2,1-5H3. The molecule has 2 aromatic rings. The molecule has 0 aliphatic heterocycles. The van der Waals surface area contributed by atoms with E-state index in [0.29, 0.717) is 5.92 Å². The molecule has 0 bridgehead atoms. The highest BCUT2D eigenvalue weighted by Gasteiger charge is 2.04. The van der Waals surface area contributed by atoms with Crippen molar-refractivity contribution in [2.75, 3.05) is 0 Å². The summed E-state index contributed by atoms with van der Waals surface area (Å²) >= 11 is 0. The first-order chi connectivity index (χ1) is 9.97. The molecular formula is C20H27N. The molecule has 1 heteroatoms. The highest BCUT2D eigenvalue weighted by molar-refractivity contribution is 5.37. The van der Waals surface area contributed by atoms with Crippen LogP contribution in [0.4, 0.5) is 0 Å². The lowest BCUT2D eigenvalue weighted by atomic mass is 9.99. The highest BCUT2D eigenvalue weighted by atomic mass is 14.8. The van der Waals surface area contributed by atoms with E-state index in [1.165, 1.54) is 33.4 Å². The summed E-state index contributed by atoms with van der Waals surface area (Å²) in [5, 5.41) is 3.57. The summed E-state index contributed by atoms with van der Waals surface area (Å²) in [4.78, 5) is 0. The summed E-state index contributed by atoms with van der Waals surface area (Å²) < 4.78 is 0. The Bertz CT molecular complexity index is 571. The largest absolute Gasteiger partial charge is 0.309 e. The Hall–Kier alpha value is -1.60. The first-order valence-electron chi connectivity index (χ1n) is 7.83. The van der Waals surface area contributed by atoms with Gasteiger partial charge in [-0.05, 0) is 54.5 Å². The zero-order valence-corrected chi connectivity index (χ0v) is 14.0. The maximum absolute atomic E-state index is 3.57. The van der Waals surface area contributed by atoms with Gasteiger partial charge >= 0.3 is 0 Å². The second kappa shape index (κ2) is 6.91. The maximum Gasteiger partial charge on any atom is 0.0213 e. The summed E-state index contributed by atoms with van der Waals surface area (Å²) in [5.41, 5.74) is 8.30. The molecule has 0 saturated heterocycles. The average molecular weight is 281 g/mol. The monoisotopic (exact) mass is 281 g/mol. The van der Waals surface area contributed by atoms with Crippen LogP contribution in [-0.4, -0.2) is 0 Å². The molecule has 21 heavy (non-hydrogen) atoms. The van der Waals surface area contributed by atoms with Gasteiger partial charge in [-0.25, -0.2) is 0 Å². The Morgan fingerprint density at radius 2 is 1.43 bits per heavy atom. The van der Waals surface area contributed by atoms with Crippen molar-refractivity contribution < 1.29 is 0 Å². The highest BCUT2D eigenvalue weighted by Crippen LogP contribution is 2.17. The molecule has 0 aliphatic rings. The Labute approximate surface area is 129 Å². The van der Waals surface area contributed by atoms with Crippen LogP contribution in [0.15, 0.2) is 36.4 Å².